The highest BCUT2D eigenvalue weighted by atomic mass is 16.6. The first-order chi connectivity index (χ1) is 14.8. The summed E-state index contributed by atoms with van der Waals surface area (Å²) in [4.78, 5) is 35.1. The van der Waals surface area contributed by atoms with Crippen molar-refractivity contribution in [2.45, 2.75) is 13.3 Å². The first kappa shape index (κ1) is 23.3. The average Bonchev–Trinajstić information content (AvgIpc) is 2.74. The number of nitro benzene ring substituents is 1. The number of carbonyl (C=O) groups is 2. The van der Waals surface area contributed by atoms with E-state index in [-0.39, 0.29) is 17.1 Å². The fraction of sp³-hybridized carbons (Fsp3) is 0.250. The van der Waals surface area contributed by atoms with Gasteiger partial charge in [-0.2, -0.15) is 5.10 Å². The first-order valence-corrected chi connectivity index (χ1v) is 9.16. The fourth-order valence-electron chi connectivity index (χ4n) is 2.65. The van der Waals surface area contributed by atoms with Crippen molar-refractivity contribution in [3.05, 3.63) is 52.1 Å². The van der Waals surface area contributed by atoms with Crippen molar-refractivity contribution in [2.75, 3.05) is 31.5 Å². The van der Waals surface area contributed by atoms with E-state index in [1.54, 1.807) is 12.1 Å². The molecule has 0 saturated heterocycles. The molecule has 0 aliphatic rings. The van der Waals surface area contributed by atoms with Crippen LogP contribution in [0, 0.1) is 10.1 Å². The number of nitro groups is 1. The summed E-state index contributed by atoms with van der Waals surface area (Å²) in [7, 11) is 2.78. The van der Waals surface area contributed by atoms with Crippen LogP contribution in [-0.2, 0) is 16.0 Å². The summed E-state index contributed by atoms with van der Waals surface area (Å²) in [6.45, 7) is 1.62. The Kier molecular flexibility index (Phi) is 8.03. The van der Waals surface area contributed by atoms with Crippen molar-refractivity contribution in [1.29, 1.82) is 0 Å². The molecule has 0 aromatic heterocycles. The Morgan fingerprint density at radius 1 is 1.10 bits per heavy atom. The van der Waals surface area contributed by atoms with Gasteiger partial charge in [-0.15, -0.1) is 0 Å². The molecular weight excluding hydrogens is 406 g/mol. The van der Waals surface area contributed by atoms with Crippen LogP contribution in [0.4, 0.5) is 17.1 Å². The minimum absolute atomic E-state index is 0.123. The zero-order valence-corrected chi connectivity index (χ0v) is 17.3. The quantitative estimate of drug-likeness (QED) is 0.224. The zero-order valence-electron chi connectivity index (χ0n) is 17.3. The Bertz CT molecular complexity index is 1020. The number of anilines is 2. The van der Waals surface area contributed by atoms with Crippen molar-refractivity contribution in [1.82, 2.24) is 0 Å². The van der Waals surface area contributed by atoms with Gasteiger partial charge in [0.25, 0.3) is 11.6 Å². The predicted molar refractivity (Wildman–Crippen MR) is 116 cm³/mol. The second kappa shape index (κ2) is 10.7. The number of hydrazone groups is 1. The van der Waals surface area contributed by atoms with Crippen molar-refractivity contribution in [3.63, 3.8) is 0 Å². The molecule has 2 rings (SSSR count). The summed E-state index contributed by atoms with van der Waals surface area (Å²) < 4.78 is 10.4. The van der Waals surface area contributed by atoms with E-state index < -0.39 is 22.3 Å². The maximum atomic E-state index is 12.7. The van der Waals surface area contributed by atoms with E-state index in [4.69, 9.17) is 15.2 Å². The molecule has 0 spiro atoms. The number of ether oxygens (including phenoxy) is 2. The normalized spacial score (nSPS) is 10.9. The van der Waals surface area contributed by atoms with Gasteiger partial charge in [0.2, 0.25) is 0 Å². The van der Waals surface area contributed by atoms with E-state index in [1.165, 1.54) is 39.3 Å². The van der Waals surface area contributed by atoms with E-state index in [1.807, 2.05) is 6.07 Å². The van der Waals surface area contributed by atoms with Crippen LogP contribution in [0.15, 0.2) is 41.5 Å². The number of Topliss-reactive ketones (excluding diaryl/α,β-unsaturated/α-hetero) is 1. The minimum atomic E-state index is -0.760. The summed E-state index contributed by atoms with van der Waals surface area (Å²) >= 11 is 0. The van der Waals surface area contributed by atoms with Crippen LogP contribution in [0.2, 0.25) is 0 Å². The molecule has 0 bridgehead atoms. The molecule has 0 aliphatic carbocycles. The Balaban J connectivity index is 2.29. The van der Waals surface area contributed by atoms with Gasteiger partial charge in [-0.3, -0.25) is 25.1 Å². The summed E-state index contributed by atoms with van der Waals surface area (Å²) in [6, 6.07) is 9.00. The van der Waals surface area contributed by atoms with Gasteiger partial charge in [-0.05, 0) is 36.7 Å². The number of carbonyl (C=O) groups excluding carboxylic acids is 2. The molecular formula is C20H23N5O6. The van der Waals surface area contributed by atoms with Crippen molar-refractivity contribution >= 4 is 34.5 Å². The van der Waals surface area contributed by atoms with Crippen molar-refractivity contribution in [3.8, 4) is 11.5 Å². The van der Waals surface area contributed by atoms with Crippen LogP contribution in [-0.4, -0.2) is 43.1 Å². The van der Waals surface area contributed by atoms with Crippen LogP contribution < -0.4 is 25.9 Å². The Morgan fingerprint density at radius 3 is 2.39 bits per heavy atom. The van der Waals surface area contributed by atoms with E-state index in [0.717, 1.165) is 5.56 Å². The number of hydrogen-bond acceptors (Lipinski definition) is 9. The van der Waals surface area contributed by atoms with Crippen molar-refractivity contribution in [2.24, 2.45) is 10.8 Å². The summed E-state index contributed by atoms with van der Waals surface area (Å²) in [5.74, 6) is -0.827. The molecule has 0 saturated carbocycles. The number of ketones is 1. The number of benzene rings is 2. The topological polar surface area (TPSA) is 158 Å². The van der Waals surface area contributed by atoms with Gasteiger partial charge >= 0.3 is 0 Å². The van der Waals surface area contributed by atoms with E-state index in [9.17, 15) is 19.7 Å². The molecule has 0 radical (unpaired) electrons. The second-order valence-corrected chi connectivity index (χ2v) is 6.30. The highest BCUT2D eigenvalue weighted by molar-refractivity contribution is 6.67. The van der Waals surface area contributed by atoms with Gasteiger partial charge in [-0.25, -0.2) is 0 Å². The van der Waals surface area contributed by atoms with Crippen LogP contribution in [0.5, 0.6) is 11.5 Å². The Labute approximate surface area is 178 Å². The van der Waals surface area contributed by atoms with Gasteiger partial charge in [0.1, 0.15) is 5.75 Å². The first-order valence-electron chi connectivity index (χ1n) is 9.16. The number of nitrogens with one attached hydrogen (secondary N) is 2. The second-order valence-electron chi connectivity index (χ2n) is 6.30. The highest BCUT2D eigenvalue weighted by Crippen LogP contribution is 2.29. The van der Waals surface area contributed by atoms with Crippen LogP contribution >= 0.6 is 0 Å². The SMILES string of the molecule is COc1cc([N+](=O)[O-])ccc1N/N=C(/C(C)=O)C(=O)Nc1cc(CCN)ccc1OC. The van der Waals surface area contributed by atoms with Gasteiger partial charge in [0.15, 0.2) is 17.2 Å². The van der Waals surface area contributed by atoms with Gasteiger partial charge in [0.05, 0.1) is 36.6 Å². The number of hydrogen-bond donors (Lipinski definition) is 3. The maximum absolute atomic E-state index is 12.7. The number of nitrogens with zero attached hydrogens (tertiary/aromatic N) is 2. The number of nitrogens with two attached hydrogens (primary N) is 1. The number of non-ortho nitro benzene ring substituents is 1. The lowest BCUT2D eigenvalue weighted by Gasteiger charge is -2.13. The number of methoxy groups -OCH3 is 2. The third-order valence-corrected chi connectivity index (χ3v) is 4.18. The Hall–Kier alpha value is -3.99. The third kappa shape index (κ3) is 6.00. The largest absolute Gasteiger partial charge is 0.495 e. The molecule has 4 N–H and O–H groups in total. The number of rotatable bonds is 10. The van der Waals surface area contributed by atoms with E-state index in [2.05, 4.69) is 15.8 Å². The summed E-state index contributed by atoms with van der Waals surface area (Å²) in [5, 5.41) is 17.4. The monoisotopic (exact) mass is 429 g/mol. The molecule has 11 heteroatoms. The molecule has 0 heterocycles. The predicted octanol–water partition coefficient (Wildman–Crippen LogP) is 2.11. The lowest BCUT2D eigenvalue weighted by Crippen LogP contribution is -2.29. The number of amides is 1. The Morgan fingerprint density at radius 2 is 1.81 bits per heavy atom. The summed E-state index contributed by atoms with van der Waals surface area (Å²) in [5.41, 5.74) is 9.02. The van der Waals surface area contributed by atoms with Crippen LogP contribution in [0.3, 0.4) is 0 Å². The molecule has 0 unspecified atom stereocenters. The smallest absolute Gasteiger partial charge is 0.279 e. The summed E-state index contributed by atoms with van der Waals surface area (Å²) in [6.07, 6.45) is 0.599. The van der Waals surface area contributed by atoms with Crippen LogP contribution in [0.25, 0.3) is 0 Å². The van der Waals surface area contributed by atoms with E-state index in [0.29, 0.717) is 24.4 Å². The van der Waals surface area contributed by atoms with Gasteiger partial charge in [0, 0.05) is 13.0 Å². The molecule has 164 valence electrons. The molecule has 31 heavy (non-hydrogen) atoms. The molecule has 0 fully saturated rings. The fourth-order valence-corrected chi connectivity index (χ4v) is 2.65. The van der Waals surface area contributed by atoms with Crippen LogP contribution in [0.1, 0.15) is 12.5 Å². The third-order valence-electron chi connectivity index (χ3n) is 4.18. The zero-order chi connectivity index (χ0) is 23.0. The molecule has 2 aromatic carbocycles. The van der Waals surface area contributed by atoms with Gasteiger partial charge < -0.3 is 20.5 Å². The molecule has 1 amide bonds. The minimum Gasteiger partial charge on any atom is -0.495 e. The maximum Gasteiger partial charge on any atom is 0.279 e. The lowest BCUT2D eigenvalue weighted by atomic mass is 10.1. The highest BCUT2D eigenvalue weighted by Gasteiger charge is 2.20. The van der Waals surface area contributed by atoms with Gasteiger partial charge in [-0.1, -0.05) is 6.07 Å². The standard InChI is InChI=1S/C20H23N5O6/c1-12(26)19(24-23-15-6-5-14(25(28)29)11-18(15)31-3)20(27)22-16-10-13(8-9-21)4-7-17(16)30-2/h4-7,10-11,23H,8-9,21H2,1-3H3,(H,22,27)/b24-19-. The molecule has 2 aromatic rings. The lowest BCUT2D eigenvalue weighted by molar-refractivity contribution is -0.384. The molecule has 0 aliphatic heterocycles. The van der Waals surface area contributed by atoms with E-state index >= 15 is 0 Å². The molecule has 11 nitrogen and oxygen atoms in total. The average molecular weight is 429 g/mol. The molecule has 0 atom stereocenters. The van der Waals surface area contributed by atoms with Crippen molar-refractivity contribution < 1.29 is 24.0 Å².